The molecule has 0 aromatic carbocycles. The molecule has 1 aromatic rings. The van der Waals surface area contributed by atoms with Gasteiger partial charge in [0.1, 0.15) is 6.04 Å². The molecule has 0 aliphatic carbocycles. The molecule has 8 heteroatoms. The van der Waals surface area contributed by atoms with E-state index in [4.69, 9.17) is 0 Å². The van der Waals surface area contributed by atoms with Gasteiger partial charge >= 0.3 is 0 Å². The lowest BCUT2D eigenvalue weighted by molar-refractivity contribution is -0.140. The van der Waals surface area contributed by atoms with Crippen molar-refractivity contribution in [3.63, 3.8) is 0 Å². The standard InChI is InChI=1S/C20H29N5O3/c1-14(2)13-24-11-12-25(15(3)18(24)26)20(28)17-16(21-7-8-22-17)19(27)23-9-5-4-6-10-23/h7-8,14-15H,4-6,9-13H2,1-3H3/t15-/m0/s1. The number of hydrogen-bond donors (Lipinski definition) is 0. The maximum absolute atomic E-state index is 13.2. The molecule has 0 bridgehead atoms. The molecule has 0 N–H and O–H groups in total. The van der Waals surface area contributed by atoms with Crippen LogP contribution in [0.15, 0.2) is 12.4 Å². The largest absolute Gasteiger partial charge is 0.339 e. The quantitative estimate of drug-likeness (QED) is 0.780. The fraction of sp³-hybridized carbons (Fsp3) is 0.650. The Labute approximate surface area is 165 Å². The number of carbonyl (C=O) groups excluding carboxylic acids is 3. The molecule has 152 valence electrons. The van der Waals surface area contributed by atoms with Crippen LogP contribution in [0.25, 0.3) is 0 Å². The van der Waals surface area contributed by atoms with E-state index < -0.39 is 11.9 Å². The summed E-state index contributed by atoms with van der Waals surface area (Å²) in [5.41, 5.74) is 0.119. The maximum Gasteiger partial charge on any atom is 0.275 e. The van der Waals surface area contributed by atoms with Crippen molar-refractivity contribution in [2.24, 2.45) is 5.92 Å². The lowest BCUT2D eigenvalue weighted by atomic mass is 10.1. The van der Waals surface area contributed by atoms with Crippen molar-refractivity contribution in [1.82, 2.24) is 24.7 Å². The Bertz CT molecular complexity index is 745. The summed E-state index contributed by atoms with van der Waals surface area (Å²) >= 11 is 0. The molecule has 1 atom stereocenters. The molecule has 28 heavy (non-hydrogen) atoms. The SMILES string of the molecule is CC(C)CN1CCN(C(=O)c2nccnc2C(=O)N2CCCCC2)[C@@H](C)C1=O. The summed E-state index contributed by atoms with van der Waals surface area (Å²) in [7, 11) is 0. The van der Waals surface area contributed by atoms with Crippen LogP contribution in [0.5, 0.6) is 0 Å². The van der Waals surface area contributed by atoms with Crippen molar-refractivity contribution in [2.45, 2.75) is 46.1 Å². The number of amides is 3. The highest BCUT2D eigenvalue weighted by atomic mass is 16.2. The first-order valence-electron chi connectivity index (χ1n) is 10.1. The van der Waals surface area contributed by atoms with Crippen LogP contribution in [-0.4, -0.2) is 81.2 Å². The van der Waals surface area contributed by atoms with E-state index in [2.05, 4.69) is 23.8 Å². The highest BCUT2D eigenvalue weighted by molar-refractivity contribution is 6.05. The van der Waals surface area contributed by atoms with Gasteiger partial charge in [-0.15, -0.1) is 0 Å². The van der Waals surface area contributed by atoms with Crippen molar-refractivity contribution < 1.29 is 14.4 Å². The van der Waals surface area contributed by atoms with Gasteiger partial charge in [0.05, 0.1) is 0 Å². The summed E-state index contributed by atoms with van der Waals surface area (Å²) in [4.78, 5) is 52.2. The molecule has 2 aliphatic heterocycles. The zero-order valence-electron chi connectivity index (χ0n) is 16.9. The highest BCUT2D eigenvalue weighted by Crippen LogP contribution is 2.19. The molecule has 0 saturated carbocycles. The van der Waals surface area contributed by atoms with Gasteiger partial charge in [0.15, 0.2) is 11.4 Å². The first-order chi connectivity index (χ1) is 13.4. The molecule has 0 unspecified atom stereocenters. The van der Waals surface area contributed by atoms with E-state index in [0.29, 0.717) is 38.6 Å². The maximum atomic E-state index is 13.2. The van der Waals surface area contributed by atoms with Crippen LogP contribution in [0.2, 0.25) is 0 Å². The molecule has 0 radical (unpaired) electrons. The average Bonchev–Trinajstić information content (AvgIpc) is 2.71. The first-order valence-corrected chi connectivity index (χ1v) is 10.1. The van der Waals surface area contributed by atoms with Crippen LogP contribution in [0.1, 0.15) is 61.0 Å². The lowest BCUT2D eigenvalue weighted by Crippen LogP contribution is -2.58. The molecule has 3 amide bonds. The second-order valence-electron chi connectivity index (χ2n) is 7.96. The third-order valence-electron chi connectivity index (χ3n) is 5.34. The first kappa shape index (κ1) is 20.2. The molecule has 2 fully saturated rings. The topological polar surface area (TPSA) is 86.7 Å². The van der Waals surface area contributed by atoms with Gasteiger partial charge in [-0.2, -0.15) is 0 Å². The van der Waals surface area contributed by atoms with Crippen molar-refractivity contribution in [3.8, 4) is 0 Å². The number of hydrogen-bond acceptors (Lipinski definition) is 5. The fourth-order valence-corrected chi connectivity index (χ4v) is 3.86. The molecule has 3 rings (SSSR count). The summed E-state index contributed by atoms with van der Waals surface area (Å²) in [5.74, 6) is -0.361. The normalized spacial score (nSPS) is 20.6. The van der Waals surface area contributed by atoms with Crippen LogP contribution >= 0.6 is 0 Å². The minimum absolute atomic E-state index is 0.0371. The van der Waals surface area contributed by atoms with E-state index in [1.165, 1.54) is 17.3 Å². The van der Waals surface area contributed by atoms with Gasteiger partial charge in [-0.1, -0.05) is 13.8 Å². The Morgan fingerprint density at radius 3 is 2.21 bits per heavy atom. The van der Waals surface area contributed by atoms with Gasteiger partial charge < -0.3 is 14.7 Å². The lowest BCUT2D eigenvalue weighted by Gasteiger charge is -2.39. The monoisotopic (exact) mass is 387 g/mol. The van der Waals surface area contributed by atoms with Gasteiger partial charge in [-0.3, -0.25) is 14.4 Å². The Hall–Kier alpha value is -2.51. The van der Waals surface area contributed by atoms with E-state index in [-0.39, 0.29) is 23.2 Å². The molecule has 3 heterocycles. The predicted octanol–water partition coefficient (Wildman–Crippen LogP) is 1.43. The zero-order chi connectivity index (χ0) is 20.3. The van der Waals surface area contributed by atoms with Gasteiger partial charge in [0, 0.05) is 45.1 Å². The van der Waals surface area contributed by atoms with Gasteiger partial charge in [-0.05, 0) is 32.1 Å². The van der Waals surface area contributed by atoms with E-state index in [1.54, 1.807) is 16.7 Å². The number of rotatable bonds is 4. The number of piperazine rings is 1. The van der Waals surface area contributed by atoms with Gasteiger partial charge in [-0.25, -0.2) is 9.97 Å². The van der Waals surface area contributed by atoms with Crippen molar-refractivity contribution in [2.75, 3.05) is 32.7 Å². The molecule has 0 spiro atoms. The predicted molar refractivity (Wildman–Crippen MR) is 104 cm³/mol. The molecule has 8 nitrogen and oxygen atoms in total. The minimum Gasteiger partial charge on any atom is -0.339 e. The Kier molecular flexibility index (Phi) is 6.26. The third kappa shape index (κ3) is 4.15. The summed E-state index contributed by atoms with van der Waals surface area (Å²) in [6, 6.07) is -0.583. The van der Waals surface area contributed by atoms with Crippen molar-refractivity contribution >= 4 is 17.7 Å². The second kappa shape index (κ2) is 8.67. The molecule has 2 aliphatic rings. The van der Waals surface area contributed by atoms with Crippen LogP contribution in [-0.2, 0) is 4.79 Å². The van der Waals surface area contributed by atoms with Crippen LogP contribution < -0.4 is 0 Å². The van der Waals surface area contributed by atoms with E-state index >= 15 is 0 Å². The minimum atomic E-state index is -0.583. The zero-order valence-corrected chi connectivity index (χ0v) is 16.9. The van der Waals surface area contributed by atoms with E-state index in [9.17, 15) is 14.4 Å². The molecular weight excluding hydrogens is 358 g/mol. The number of piperidine rings is 1. The van der Waals surface area contributed by atoms with Gasteiger partial charge in [0.2, 0.25) is 5.91 Å². The van der Waals surface area contributed by atoms with E-state index in [0.717, 1.165) is 19.3 Å². The van der Waals surface area contributed by atoms with E-state index in [1.807, 2.05) is 0 Å². The molecule has 1 aromatic heterocycles. The summed E-state index contributed by atoms with van der Waals surface area (Å²) < 4.78 is 0. The Balaban J connectivity index is 1.79. The summed E-state index contributed by atoms with van der Waals surface area (Å²) in [6.07, 6.45) is 5.87. The third-order valence-corrected chi connectivity index (χ3v) is 5.34. The number of carbonyl (C=O) groups is 3. The van der Waals surface area contributed by atoms with Crippen molar-refractivity contribution in [1.29, 1.82) is 0 Å². The number of likely N-dealkylation sites (tertiary alicyclic amines) is 1. The summed E-state index contributed by atoms with van der Waals surface area (Å²) in [5, 5.41) is 0. The van der Waals surface area contributed by atoms with Crippen LogP contribution in [0.3, 0.4) is 0 Å². The van der Waals surface area contributed by atoms with Crippen LogP contribution in [0.4, 0.5) is 0 Å². The Morgan fingerprint density at radius 1 is 1.00 bits per heavy atom. The summed E-state index contributed by atoms with van der Waals surface area (Å²) in [6.45, 7) is 8.79. The second-order valence-corrected chi connectivity index (χ2v) is 7.96. The number of nitrogens with zero attached hydrogens (tertiary/aromatic N) is 5. The fourth-order valence-electron chi connectivity index (χ4n) is 3.86. The van der Waals surface area contributed by atoms with Crippen LogP contribution in [0, 0.1) is 5.92 Å². The molecular formula is C20H29N5O3. The smallest absolute Gasteiger partial charge is 0.275 e. The Morgan fingerprint density at radius 2 is 1.61 bits per heavy atom. The number of aromatic nitrogens is 2. The van der Waals surface area contributed by atoms with Crippen molar-refractivity contribution in [3.05, 3.63) is 23.8 Å². The highest BCUT2D eigenvalue weighted by Gasteiger charge is 2.37. The van der Waals surface area contributed by atoms with Gasteiger partial charge in [0.25, 0.3) is 11.8 Å². The average molecular weight is 387 g/mol. The molecule has 2 saturated heterocycles.